The normalized spacial score (nSPS) is 14.4. The first-order valence-corrected chi connectivity index (χ1v) is 10.8. The summed E-state index contributed by atoms with van der Waals surface area (Å²) in [5.41, 5.74) is 6.12. The summed E-state index contributed by atoms with van der Waals surface area (Å²) in [6, 6.07) is 21.5. The van der Waals surface area contributed by atoms with Crippen LogP contribution in [0.2, 0.25) is 0 Å². The molecule has 4 aromatic rings. The first-order valence-electron chi connectivity index (χ1n) is 10.8. The van der Waals surface area contributed by atoms with E-state index in [2.05, 4.69) is 80.4 Å². The second-order valence-electron chi connectivity index (χ2n) is 8.82. The third-order valence-corrected chi connectivity index (χ3v) is 5.95. The largest absolute Gasteiger partial charge is 0.493 e. The van der Waals surface area contributed by atoms with Gasteiger partial charge in [0.15, 0.2) is 0 Å². The summed E-state index contributed by atoms with van der Waals surface area (Å²) in [5, 5.41) is 3.92. The molecule has 0 aliphatic carbocycles. The predicted octanol–water partition coefficient (Wildman–Crippen LogP) is 6.08. The first-order chi connectivity index (χ1) is 14.6. The molecule has 0 bridgehead atoms. The van der Waals surface area contributed by atoms with Gasteiger partial charge in [0.05, 0.1) is 17.8 Å². The van der Waals surface area contributed by atoms with Gasteiger partial charge in [-0.15, -0.1) is 0 Å². The van der Waals surface area contributed by atoms with Gasteiger partial charge < -0.3 is 9.64 Å². The Morgan fingerprint density at radius 2 is 1.87 bits per heavy atom. The number of ether oxygens (including phenoxy) is 1. The molecule has 3 aromatic carbocycles. The lowest BCUT2D eigenvalue weighted by molar-refractivity contribution is 0.271. The van der Waals surface area contributed by atoms with E-state index in [4.69, 9.17) is 9.72 Å². The molecule has 0 saturated carbocycles. The van der Waals surface area contributed by atoms with E-state index >= 15 is 0 Å². The molecule has 152 valence electrons. The topological polar surface area (TPSA) is 25.4 Å². The number of pyridine rings is 1. The smallest absolute Gasteiger partial charge is 0.119 e. The van der Waals surface area contributed by atoms with Crippen molar-refractivity contribution in [1.82, 2.24) is 9.88 Å². The second-order valence-corrected chi connectivity index (χ2v) is 8.82. The quantitative estimate of drug-likeness (QED) is 0.391. The van der Waals surface area contributed by atoms with E-state index < -0.39 is 0 Å². The molecule has 0 fully saturated rings. The Bertz CT molecular complexity index is 1230. The lowest BCUT2D eigenvalue weighted by Crippen LogP contribution is -2.27. The Labute approximate surface area is 178 Å². The fraction of sp³-hybridized carbons (Fsp3) is 0.296. The van der Waals surface area contributed by atoms with Crippen LogP contribution in [0.15, 0.2) is 60.7 Å². The van der Waals surface area contributed by atoms with Gasteiger partial charge in [0.25, 0.3) is 0 Å². The van der Waals surface area contributed by atoms with Gasteiger partial charge in [-0.2, -0.15) is 0 Å². The van der Waals surface area contributed by atoms with Gasteiger partial charge in [0.2, 0.25) is 0 Å². The molecule has 3 nitrogen and oxygen atoms in total. The summed E-state index contributed by atoms with van der Waals surface area (Å²) in [7, 11) is 2.20. The monoisotopic (exact) mass is 396 g/mol. The highest BCUT2D eigenvalue weighted by molar-refractivity contribution is 6.09. The minimum Gasteiger partial charge on any atom is -0.493 e. The summed E-state index contributed by atoms with van der Waals surface area (Å²) in [6.07, 6.45) is 1.05. The molecule has 0 amide bonds. The third-order valence-electron chi connectivity index (χ3n) is 5.95. The van der Waals surface area contributed by atoms with Gasteiger partial charge in [-0.1, -0.05) is 56.3 Å². The molecule has 5 rings (SSSR count). The van der Waals surface area contributed by atoms with E-state index in [0.717, 1.165) is 48.6 Å². The van der Waals surface area contributed by atoms with Crippen molar-refractivity contribution < 1.29 is 4.74 Å². The molecule has 1 aliphatic heterocycles. The molecule has 30 heavy (non-hydrogen) atoms. The molecule has 0 N–H and O–H groups in total. The van der Waals surface area contributed by atoms with Gasteiger partial charge in [0.1, 0.15) is 5.75 Å². The van der Waals surface area contributed by atoms with Gasteiger partial charge in [0, 0.05) is 24.0 Å². The predicted molar refractivity (Wildman–Crippen MR) is 125 cm³/mol. The van der Waals surface area contributed by atoms with Crippen LogP contribution in [0, 0.1) is 5.92 Å². The van der Waals surface area contributed by atoms with Gasteiger partial charge in [-0.05, 0) is 59.5 Å². The highest BCUT2D eigenvalue weighted by Crippen LogP contribution is 2.37. The molecule has 1 aliphatic rings. The van der Waals surface area contributed by atoms with Crippen molar-refractivity contribution >= 4 is 21.7 Å². The van der Waals surface area contributed by atoms with Gasteiger partial charge >= 0.3 is 0 Å². The van der Waals surface area contributed by atoms with Crippen molar-refractivity contribution in [3.63, 3.8) is 0 Å². The summed E-state index contributed by atoms with van der Waals surface area (Å²) in [6.45, 7) is 7.07. The number of likely N-dealkylation sites (N-methyl/N-ethyl adjacent to an activating group) is 1. The van der Waals surface area contributed by atoms with Gasteiger partial charge in [-0.3, -0.25) is 0 Å². The highest BCUT2D eigenvalue weighted by Gasteiger charge is 2.23. The van der Waals surface area contributed by atoms with Crippen molar-refractivity contribution in [2.45, 2.75) is 26.8 Å². The number of hydrogen-bond donors (Lipinski definition) is 0. The SMILES string of the molecule is CC(C)COc1cccc(-c2nc3ccc4ccccc4c3c3c2CN(C)CC3)c1. The zero-order valence-electron chi connectivity index (χ0n) is 18.0. The molecule has 0 unspecified atom stereocenters. The maximum Gasteiger partial charge on any atom is 0.119 e. The van der Waals surface area contributed by atoms with Crippen molar-refractivity contribution in [3.05, 3.63) is 71.8 Å². The lowest BCUT2D eigenvalue weighted by Gasteiger charge is -2.28. The van der Waals surface area contributed by atoms with E-state index in [-0.39, 0.29) is 0 Å². The number of benzene rings is 3. The molecular weight excluding hydrogens is 368 g/mol. The maximum absolute atomic E-state index is 6.00. The van der Waals surface area contributed by atoms with Crippen LogP contribution in [0.25, 0.3) is 32.9 Å². The van der Waals surface area contributed by atoms with Crippen molar-refractivity contribution in [2.75, 3.05) is 20.2 Å². The molecule has 0 atom stereocenters. The standard InChI is InChI=1S/C27H28N2O/c1-18(2)17-30-21-9-6-8-20(15-21)27-24-16-29(3)14-13-23(24)26-22-10-5-4-7-19(22)11-12-25(26)28-27/h4-12,15,18H,13-14,16-17H2,1-3H3. The van der Waals surface area contributed by atoms with Crippen molar-refractivity contribution in [3.8, 4) is 17.0 Å². The van der Waals surface area contributed by atoms with Crippen molar-refractivity contribution in [2.24, 2.45) is 5.92 Å². The molecular formula is C27H28N2O. The van der Waals surface area contributed by atoms with E-state index in [1.54, 1.807) is 0 Å². The number of nitrogens with zero attached hydrogens (tertiary/aromatic N) is 2. The zero-order chi connectivity index (χ0) is 20.7. The molecule has 1 aromatic heterocycles. The van der Waals surface area contributed by atoms with Crippen LogP contribution >= 0.6 is 0 Å². The lowest BCUT2D eigenvalue weighted by atomic mass is 9.89. The van der Waals surface area contributed by atoms with Gasteiger partial charge in [-0.25, -0.2) is 4.98 Å². The van der Waals surface area contributed by atoms with Crippen LogP contribution in [-0.4, -0.2) is 30.1 Å². The van der Waals surface area contributed by atoms with Crippen LogP contribution in [-0.2, 0) is 13.0 Å². The number of fused-ring (bicyclic) bond motifs is 5. The van der Waals surface area contributed by atoms with Crippen LogP contribution in [0.3, 0.4) is 0 Å². The van der Waals surface area contributed by atoms with Crippen LogP contribution in [0.4, 0.5) is 0 Å². The van der Waals surface area contributed by atoms with Crippen LogP contribution in [0.1, 0.15) is 25.0 Å². The Kier molecular flexibility index (Phi) is 4.92. The molecule has 0 spiro atoms. The number of aromatic nitrogens is 1. The fourth-order valence-electron chi connectivity index (χ4n) is 4.48. The Balaban J connectivity index is 1.72. The van der Waals surface area contributed by atoms with E-state index in [1.807, 2.05) is 6.07 Å². The van der Waals surface area contributed by atoms with E-state index in [1.165, 1.54) is 27.3 Å². The van der Waals surface area contributed by atoms with Crippen LogP contribution < -0.4 is 4.74 Å². The Morgan fingerprint density at radius 3 is 2.73 bits per heavy atom. The average molecular weight is 397 g/mol. The highest BCUT2D eigenvalue weighted by atomic mass is 16.5. The Morgan fingerprint density at radius 1 is 1.00 bits per heavy atom. The molecule has 3 heteroatoms. The zero-order valence-corrected chi connectivity index (χ0v) is 18.0. The minimum atomic E-state index is 0.502. The second kappa shape index (κ2) is 7.73. The maximum atomic E-state index is 6.00. The molecule has 2 heterocycles. The summed E-state index contributed by atoms with van der Waals surface area (Å²) in [4.78, 5) is 7.59. The van der Waals surface area contributed by atoms with Crippen LogP contribution in [0.5, 0.6) is 5.75 Å². The molecule has 0 radical (unpaired) electrons. The summed E-state index contributed by atoms with van der Waals surface area (Å²) >= 11 is 0. The number of rotatable bonds is 4. The average Bonchev–Trinajstić information content (AvgIpc) is 2.77. The minimum absolute atomic E-state index is 0.502. The molecule has 0 saturated heterocycles. The summed E-state index contributed by atoms with van der Waals surface area (Å²) < 4.78 is 6.00. The van der Waals surface area contributed by atoms with E-state index in [9.17, 15) is 0 Å². The third kappa shape index (κ3) is 3.44. The van der Waals surface area contributed by atoms with Crippen molar-refractivity contribution in [1.29, 1.82) is 0 Å². The summed E-state index contributed by atoms with van der Waals surface area (Å²) in [5.74, 6) is 1.42. The Hall–Kier alpha value is -2.91. The van der Waals surface area contributed by atoms with E-state index in [0.29, 0.717) is 5.92 Å². The first kappa shape index (κ1) is 19.1. The number of hydrogen-bond acceptors (Lipinski definition) is 3. The fourth-order valence-corrected chi connectivity index (χ4v) is 4.48.